The third-order valence-electron chi connectivity index (χ3n) is 10.1. The molecule has 0 aromatic carbocycles. The highest BCUT2D eigenvalue weighted by molar-refractivity contribution is 6.76. The van der Waals surface area contributed by atoms with Crippen molar-refractivity contribution in [3.63, 3.8) is 0 Å². The molecule has 1 amide bonds. The number of halogens is 1. The van der Waals surface area contributed by atoms with E-state index < -0.39 is 27.6 Å². The average Bonchev–Trinajstić information content (AvgIpc) is 3.63. The minimum Gasteiger partial charge on any atom is -0.444 e. The van der Waals surface area contributed by atoms with Gasteiger partial charge in [0.2, 0.25) is 0 Å². The van der Waals surface area contributed by atoms with Crippen LogP contribution in [-0.2, 0) is 14.2 Å². The molecule has 11 nitrogen and oxygen atoms in total. The summed E-state index contributed by atoms with van der Waals surface area (Å²) < 4.78 is 35.0. The molecule has 6 heterocycles. The van der Waals surface area contributed by atoms with Gasteiger partial charge in [-0.05, 0) is 76.7 Å². The minimum atomic E-state index is -1.30. The SMILES string of the molecule is CC(C)(C)OC(=O)N1[C@@H]2CC[C@H]1C[C@@H](c1cc(N(COCC[Si](C)(C)C)COCC[Si](C)(C)C)n3ncc(-c4ccc(-c5ncccc5F)nc4)c3n1)C2. The van der Waals surface area contributed by atoms with Crippen LogP contribution in [0.1, 0.15) is 58.1 Å². The van der Waals surface area contributed by atoms with E-state index in [1.54, 1.807) is 24.5 Å². The Morgan fingerprint density at radius 3 is 2.13 bits per heavy atom. The number of hydrogen-bond acceptors (Lipinski definition) is 9. The lowest BCUT2D eigenvalue weighted by Crippen LogP contribution is -2.48. The van der Waals surface area contributed by atoms with Crippen molar-refractivity contribution in [2.24, 2.45) is 0 Å². The van der Waals surface area contributed by atoms with Crippen LogP contribution < -0.4 is 4.90 Å². The molecule has 4 aromatic heterocycles. The molecule has 2 bridgehead atoms. The largest absolute Gasteiger partial charge is 0.444 e. The molecule has 6 rings (SSSR count). The Kier molecular flexibility index (Phi) is 12.0. The van der Waals surface area contributed by atoms with E-state index >= 15 is 0 Å². The van der Waals surface area contributed by atoms with Crippen LogP contribution in [0.4, 0.5) is 15.0 Å². The Bertz CT molecular complexity index is 1870. The number of hydrogen-bond donors (Lipinski definition) is 0. The average molecular weight is 776 g/mol. The summed E-state index contributed by atoms with van der Waals surface area (Å²) in [6, 6.07) is 11.1. The van der Waals surface area contributed by atoms with Gasteiger partial charge in [0.1, 0.15) is 30.6 Å². The van der Waals surface area contributed by atoms with Crippen molar-refractivity contribution in [1.29, 1.82) is 0 Å². The van der Waals surface area contributed by atoms with Crippen molar-refractivity contribution in [3.05, 3.63) is 60.4 Å². The van der Waals surface area contributed by atoms with Crippen LogP contribution in [0, 0.1) is 5.82 Å². The number of fused-ring (bicyclic) bond motifs is 3. The second kappa shape index (κ2) is 16.2. The molecule has 2 saturated heterocycles. The number of piperidine rings is 1. The maximum absolute atomic E-state index is 14.6. The highest BCUT2D eigenvalue weighted by Crippen LogP contribution is 2.44. The monoisotopic (exact) mass is 775 g/mol. The number of carbonyl (C=O) groups is 1. The normalized spacial score (nSPS) is 19.1. The van der Waals surface area contributed by atoms with Gasteiger partial charge in [0.15, 0.2) is 11.5 Å². The van der Waals surface area contributed by atoms with E-state index in [4.69, 9.17) is 24.3 Å². The van der Waals surface area contributed by atoms with Gasteiger partial charge in [0, 0.05) is 82.6 Å². The molecule has 0 spiro atoms. The lowest BCUT2D eigenvalue weighted by atomic mass is 9.88. The molecule has 0 radical (unpaired) electrons. The fraction of sp³-hybridized carbons (Fsp3) is 0.575. The zero-order valence-corrected chi connectivity index (χ0v) is 35.6. The first-order valence-corrected chi connectivity index (χ1v) is 26.7. The smallest absolute Gasteiger partial charge is 0.410 e. The number of amides is 1. The van der Waals surface area contributed by atoms with Gasteiger partial charge in [-0.3, -0.25) is 9.97 Å². The first-order valence-electron chi connectivity index (χ1n) is 19.3. The van der Waals surface area contributed by atoms with E-state index in [1.165, 1.54) is 6.07 Å². The van der Waals surface area contributed by atoms with Crippen LogP contribution in [0.3, 0.4) is 0 Å². The van der Waals surface area contributed by atoms with Crippen LogP contribution >= 0.6 is 0 Å². The maximum atomic E-state index is 14.6. The molecule has 14 heteroatoms. The van der Waals surface area contributed by atoms with Crippen LogP contribution in [-0.4, -0.2) is 96.1 Å². The van der Waals surface area contributed by atoms with Crippen molar-refractivity contribution >= 4 is 33.7 Å². The molecular formula is C40H58FN7O4Si2. The van der Waals surface area contributed by atoms with Crippen LogP contribution in [0.2, 0.25) is 51.4 Å². The first-order chi connectivity index (χ1) is 25.5. The highest BCUT2D eigenvalue weighted by atomic mass is 28.3. The number of anilines is 1. The van der Waals surface area contributed by atoms with Crippen LogP contribution in [0.15, 0.2) is 48.9 Å². The Morgan fingerprint density at radius 2 is 1.57 bits per heavy atom. The zero-order chi connectivity index (χ0) is 38.8. The molecular weight excluding hydrogens is 718 g/mol. The third-order valence-corrected chi connectivity index (χ3v) is 13.5. The fourth-order valence-corrected chi connectivity index (χ4v) is 8.69. The van der Waals surface area contributed by atoms with E-state index in [9.17, 15) is 9.18 Å². The summed E-state index contributed by atoms with van der Waals surface area (Å²) >= 11 is 0. The van der Waals surface area contributed by atoms with Crippen LogP contribution in [0.25, 0.3) is 28.2 Å². The van der Waals surface area contributed by atoms with Gasteiger partial charge in [-0.25, -0.2) is 14.2 Å². The Hall–Kier alpha value is -3.73. The number of rotatable bonds is 14. The molecule has 292 valence electrons. The number of carbonyl (C=O) groups excluding carboxylic acids is 1. The van der Waals surface area contributed by atoms with Gasteiger partial charge in [-0.2, -0.15) is 9.61 Å². The van der Waals surface area contributed by atoms with Gasteiger partial charge in [-0.15, -0.1) is 0 Å². The molecule has 0 aliphatic carbocycles. The zero-order valence-electron chi connectivity index (χ0n) is 33.6. The lowest BCUT2D eigenvalue weighted by molar-refractivity contribution is 0.00568. The van der Waals surface area contributed by atoms with E-state index in [-0.39, 0.29) is 29.8 Å². The van der Waals surface area contributed by atoms with Gasteiger partial charge < -0.3 is 24.0 Å². The molecule has 0 unspecified atom stereocenters. The van der Waals surface area contributed by atoms with Gasteiger partial charge in [0.05, 0.1) is 11.9 Å². The first kappa shape index (κ1) is 40.0. The van der Waals surface area contributed by atoms with Crippen molar-refractivity contribution < 1.29 is 23.4 Å². The second-order valence-corrected chi connectivity index (χ2v) is 29.5. The molecule has 54 heavy (non-hydrogen) atoms. The number of aromatic nitrogens is 5. The summed E-state index contributed by atoms with van der Waals surface area (Å²) in [5, 5.41) is 4.89. The van der Waals surface area contributed by atoms with Crippen molar-refractivity contribution in [2.45, 2.75) is 121 Å². The summed E-state index contributed by atoms with van der Waals surface area (Å²) in [5.41, 5.74) is 3.37. The molecule has 2 fully saturated rings. The molecule has 2 aliphatic heterocycles. The summed E-state index contributed by atoms with van der Waals surface area (Å²) in [4.78, 5) is 31.6. The summed E-state index contributed by atoms with van der Waals surface area (Å²) in [7, 11) is -2.60. The Labute approximate surface area is 321 Å². The number of pyridine rings is 2. The number of ether oxygens (including phenoxy) is 3. The topological polar surface area (TPSA) is 107 Å². The van der Waals surface area contributed by atoms with E-state index in [0.29, 0.717) is 38.0 Å². The van der Waals surface area contributed by atoms with Gasteiger partial charge in [0.25, 0.3) is 0 Å². The molecule has 3 atom stereocenters. The van der Waals surface area contributed by atoms with Crippen molar-refractivity contribution in [2.75, 3.05) is 31.6 Å². The maximum Gasteiger partial charge on any atom is 0.410 e. The lowest BCUT2D eigenvalue weighted by Gasteiger charge is -2.39. The van der Waals surface area contributed by atoms with E-state index in [2.05, 4.69) is 60.2 Å². The van der Waals surface area contributed by atoms with Gasteiger partial charge >= 0.3 is 6.09 Å². The number of nitrogens with zero attached hydrogens (tertiary/aromatic N) is 7. The Balaban J connectivity index is 1.37. The summed E-state index contributed by atoms with van der Waals surface area (Å²) in [6.45, 7) is 21.9. The third kappa shape index (κ3) is 9.92. The van der Waals surface area contributed by atoms with Gasteiger partial charge in [-0.1, -0.05) is 45.3 Å². The minimum absolute atomic E-state index is 0.0871. The summed E-state index contributed by atoms with van der Waals surface area (Å²) in [5.74, 6) is 0.544. The Morgan fingerprint density at radius 1 is 0.926 bits per heavy atom. The predicted molar refractivity (Wildman–Crippen MR) is 217 cm³/mol. The molecule has 2 aliphatic rings. The summed E-state index contributed by atoms with van der Waals surface area (Å²) in [6.07, 6.45) is 8.37. The molecule has 0 saturated carbocycles. The van der Waals surface area contributed by atoms with E-state index in [0.717, 1.165) is 60.4 Å². The molecule has 0 N–H and O–H groups in total. The van der Waals surface area contributed by atoms with Crippen LogP contribution in [0.5, 0.6) is 0 Å². The fourth-order valence-electron chi connectivity index (χ4n) is 7.18. The quantitative estimate of drug-likeness (QED) is 0.0705. The second-order valence-electron chi connectivity index (χ2n) is 18.3. The molecule has 4 aromatic rings. The highest BCUT2D eigenvalue weighted by Gasteiger charge is 2.45. The van der Waals surface area contributed by atoms with Crippen molar-refractivity contribution in [1.82, 2.24) is 29.5 Å². The predicted octanol–water partition coefficient (Wildman–Crippen LogP) is 9.07. The standard InChI is InChI=1S/C40H58FN7O4Si2/c1-40(2,3)52-39(49)47-30-13-14-31(47)22-29(21-30)35-23-36(46(26-50-17-19-53(4,5)6)27-51-18-20-54(7,8)9)48-38(45-35)32(25-44-48)28-12-15-34(43-24-28)37-33(41)11-10-16-42-37/h10-12,15-16,23-25,29-31H,13-14,17-22,26-27H2,1-9H3/t29-,30+,31-. The van der Waals surface area contributed by atoms with E-state index in [1.807, 2.05) is 42.4 Å². The van der Waals surface area contributed by atoms with Crippen molar-refractivity contribution in [3.8, 4) is 22.5 Å².